The first-order valence-electron chi connectivity index (χ1n) is 9.96. The molecule has 0 amide bonds. The summed E-state index contributed by atoms with van der Waals surface area (Å²) in [7, 11) is 1.71. The lowest BCUT2D eigenvalue weighted by atomic mass is 10.1. The van der Waals surface area contributed by atoms with Gasteiger partial charge in [-0.05, 0) is 25.8 Å². The van der Waals surface area contributed by atoms with Crippen molar-refractivity contribution >= 4 is 41.7 Å². The standard InChI is InChI=1S/C21H35N3O2S.HI/c1-4-22-21(24-11-9-20(15-24)16-26-13-12-25-3)23-10-14-27-17-19-7-5-18(2)6-8-19;/h5-8,20H,4,9-17H2,1-3H3,(H,22,23);1H. The summed E-state index contributed by atoms with van der Waals surface area (Å²) >= 11 is 1.95. The first kappa shape index (κ1) is 25.5. The van der Waals surface area contributed by atoms with Crippen LogP contribution in [0.1, 0.15) is 24.5 Å². The van der Waals surface area contributed by atoms with E-state index in [2.05, 4.69) is 48.3 Å². The van der Waals surface area contributed by atoms with Gasteiger partial charge in [0.2, 0.25) is 0 Å². The molecule has 1 saturated heterocycles. The summed E-state index contributed by atoms with van der Waals surface area (Å²) in [5, 5.41) is 3.44. The Bertz CT molecular complexity index is 557. The number of halogens is 1. The third-order valence-electron chi connectivity index (χ3n) is 4.59. The number of nitrogens with zero attached hydrogens (tertiary/aromatic N) is 2. The molecular formula is C21H36IN3O2S. The van der Waals surface area contributed by atoms with Gasteiger partial charge in [0, 0.05) is 44.2 Å². The van der Waals surface area contributed by atoms with Gasteiger partial charge in [0.1, 0.15) is 0 Å². The lowest BCUT2D eigenvalue weighted by molar-refractivity contribution is 0.0536. The predicted octanol–water partition coefficient (Wildman–Crippen LogP) is 3.80. The van der Waals surface area contributed by atoms with Crippen molar-refractivity contribution in [1.29, 1.82) is 0 Å². The number of aliphatic imine (C=N–C) groups is 1. The number of methoxy groups -OCH3 is 1. The highest BCUT2D eigenvalue weighted by atomic mass is 127. The maximum absolute atomic E-state index is 5.69. The fraction of sp³-hybridized carbons (Fsp3) is 0.667. The van der Waals surface area contributed by atoms with E-state index in [0.29, 0.717) is 19.1 Å². The molecule has 0 radical (unpaired) electrons. The zero-order valence-corrected chi connectivity index (χ0v) is 20.6. The highest BCUT2D eigenvalue weighted by molar-refractivity contribution is 14.0. The van der Waals surface area contributed by atoms with Crippen molar-refractivity contribution in [3.63, 3.8) is 0 Å². The van der Waals surface area contributed by atoms with Gasteiger partial charge < -0.3 is 19.7 Å². The zero-order chi connectivity index (χ0) is 19.3. The van der Waals surface area contributed by atoms with E-state index < -0.39 is 0 Å². The van der Waals surface area contributed by atoms with Crippen LogP contribution in [0.25, 0.3) is 0 Å². The lowest BCUT2D eigenvalue weighted by Crippen LogP contribution is -2.40. The highest BCUT2D eigenvalue weighted by Crippen LogP contribution is 2.17. The Kier molecular flexibility index (Phi) is 14.0. The average molecular weight is 522 g/mol. The summed E-state index contributed by atoms with van der Waals surface area (Å²) in [5.74, 6) is 3.73. The molecule has 0 spiro atoms. The minimum Gasteiger partial charge on any atom is -0.382 e. The molecule has 0 saturated carbocycles. The van der Waals surface area contributed by atoms with Crippen LogP contribution in [0.5, 0.6) is 0 Å². The molecule has 7 heteroatoms. The molecule has 1 N–H and O–H groups in total. The lowest BCUT2D eigenvalue weighted by Gasteiger charge is -2.21. The molecule has 1 fully saturated rings. The van der Waals surface area contributed by atoms with Crippen molar-refractivity contribution < 1.29 is 9.47 Å². The Morgan fingerprint density at radius 3 is 2.79 bits per heavy atom. The number of rotatable bonds is 11. The van der Waals surface area contributed by atoms with Crippen LogP contribution in [0.4, 0.5) is 0 Å². The van der Waals surface area contributed by atoms with Gasteiger partial charge in [-0.1, -0.05) is 29.8 Å². The van der Waals surface area contributed by atoms with Gasteiger partial charge in [0.05, 0.1) is 26.4 Å². The molecule has 2 rings (SSSR count). The van der Waals surface area contributed by atoms with E-state index in [4.69, 9.17) is 14.5 Å². The maximum atomic E-state index is 5.69. The van der Waals surface area contributed by atoms with Crippen LogP contribution < -0.4 is 5.32 Å². The van der Waals surface area contributed by atoms with Crippen molar-refractivity contribution in [1.82, 2.24) is 10.2 Å². The number of thioether (sulfide) groups is 1. The summed E-state index contributed by atoms with van der Waals surface area (Å²) in [6, 6.07) is 8.80. The van der Waals surface area contributed by atoms with Crippen molar-refractivity contribution in [2.75, 3.05) is 58.9 Å². The summed E-state index contributed by atoms with van der Waals surface area (Å²) in [6.07, 6.45) is 1.17. The third kappa shape index (κ3) is 9.80. The Labute approximate surface area is 192 Å². The molecule has 1 aromatic rings. The molecule has 1 heterocycles. The van der Waals surface area contributed by atoms with Gasteiger partial charge in [0.15, 0.2) is 5.96 Å². The SMILES string of the molecule is CCNC(=NCCSCc1ccc(C)cc1)N1CCC(COCCOC)C1.I. The molecule has 1 aliphatic rings. The number of aryl methyl sites for hydroxylation is 1. The van der Waals surface area contributed by atoms with Gasteiger partial charge in [-0.15, -0.1) is 24.0 Å². The molecule has 1 aromatic carbocycles. The molecule has 28 heavy (non-hydrogen) atoms. The van der Waals surface area contributed by atoms with E-state index >= 15 is 0 Å². The second kappa shape index (κ2) is 15.3. The van der Waals surface area contributed by atoms with Crippen LogP contribution in [-0.4, -0.2) is 69.7 Å². The second-order valence-corrected chi connectivity index (χ2v) is 8.05. The number of likely N-dealkylation sites (tertiary alicyclic amines) is 1. The van der Waals surface area contributed by atoms with Crippen LogP contribution in [0.2, 0.25) is 0 Å². The van der Waals surface area contributed by atoms with E-state index in [1.807, 2.05) is 11.8 Å². The normalized spacial score (nSPS) is 16.9. The number of guanidine groups is 1. The average Bonchev–Trinajstić information content (AvgIpc) is 3.14. The predicted molar refractivity (Wildman–Crippen MR) is 131 cm³/mol. The van der Waals surface area contributed by atoms with Crippen LogP contribution in [0, 0.1) is 12.8 Å². The van der Waals surface area contributed by atoms with E-state index in [9.17, 15) is 0 Å². The fourth-order valence-electron chi connectivity index (χ4n) is 3.07. The topological polar surface area (TPSA) is 46.1 Å². The smallest absolute Gasteiger partial charge is 0.193 e. The highest BCUT2D eigenvalue weighted by Gasteiger charge is 2.24. The molecule has 0 bridgehead atoms. The van der Waals surface area contributed by atoms with Crippen LogP contribution >= 0.6 is 35.7 Å². The van der Waals surface area contributed by atoms with E-state index in [1.54, 1.807) is 7.11 Å². The monoisotopic (exact) mass is 521 g/mol. The second-order valence-electron chi connectivity index (χ2n) is 6.94. The number of ether oxygens (including phenoxy) is 2. The summed E-state index contributed by atoms with van der Waals surface area (Å²) in [4.78, 5) is 7.21. The molecule has 0 aromatic heterocycles. The number of hydrogen-bond donors (Lipinski definition) is 1. The Morgan fingerprint density at radius 2 is 2.07 bits per heavy atom. The van der Waals surface area contributed by atoms with Gasteiger partial charge in [-0.2, -0.15) is 11.8 Å². The minimum atomic E-state index is 0. The number of hydrogen-bond acceptors (Lipinski definition) is 4. The Balaban J connectivity index is 0.00000392. The molecule has 0 aliphatic carbocycles. The Hall–Kier alpha value is -0.510. The van der Waals surface area contributed by atoms with Gasteiger partial charge in [-0.3, -0.25) is 4.99 Å². The van der Waals surface area contributed by atoms with Gasteiger partial charge in [0.25, 0.3) is 0 Å². The summed E-state index contributed by atoms with van der Waals surface area (Å²) in [6.45, 7) is 10.2. The summed E-state index contributed by atoms with van der Waals surface area (Å²) in [5.41, 5.74) is 2.70. The number of benzene rings is 1. The number of nitrogens with one attached hydrogen (secondary N) is 1. The Morgan fingerprint density at radius 1 is 1.29 bits per heavy atom. The first-order chi connectivity index (χ1) is 13.2. The van der Waals surface area contributed by atoms with Gasteiger partial charge >= 0.3 is 0 Å². The molecule has 1 atom stereocenters. The van der Waals surface area contributed by atoms with Crippen molar-refractivity contribution in [3.05, 3.63) is 35.4 Å². The van der Waals surface area contributed by atoms with E-state index in [1.165, 1.54) is 17.5 Å². The quantitative estimate of drug-likeness (QED) is 0.208. The van der Waals surface area contributed by atoms with Gasteiger partial charge in [-0.25, -0.2) is 0 Å². The van der Waals surface area contributed by atoms with Crippen LogP contribution in [0.15, 0.2) is 29.3 Å². The first-order valence-corrected chi connectivity index (χ1v) is 11.1. The fourth-order valence-corrected chi connectivity index (χ4v) is 3.86. The third-order valence-corrected chi connectivity index (χ3v) is 5.60. The molecular weight excluding hydrogens is 485 g/mol. The zero-order valence-electron chi connectivity index (χ0n) is 17.5. The largest absolute Gasteiger partial charge is 0.382 e. The van der Waals surface area contributed by atoms with Crippen molar-refractivity contribution in [2.24, 2.45) is 10.9 Å². The molecule has 1 unspecified atom stereocenters. The minimum absolute atomic E-state index is 0. The van der Waals surface area contributed by atoms with E-state index in [-0.39, 0.29) is 24.0 Å². The van der Waals surface area contributed by atoms with Crippen LogP contribution in [0.3, 0.4) is 0 Å². The molecule has 1 aliphatic heterocycles. The summed E-state index contributed by atoms with van der Waals surface area (Å²) < 4.78 is 10.7. The maximum Gasteiger partial charge on any atom is 0.193 e. The molecule has 160 valence electrons. The van der Waals surface area contributed by atoms with E-state index in [0.717, 1.165) is 50.3 Å². The molecule has 5 nitrogen and oxygen atoms in total. The van der Waals surface area contributed by atoms with Crippen molar-refractivity contribution in [2.45, 2.75) is 26.0 Å². The van der Waals surface area contributed by atoms with Crippen LogP contribution in [-0.2, 0) is 15.2 Å². The van der Waals surface area contributed by atoms with Crippen molar-refractivity contribution in [3.8, 4) is 0 Å².